The van der Waals surface area contributed by atoms with Crippen molar-refractivity contribution in [3.8, 4) is 0 Å². The Labute approximate surface area is 177 Å². The van der Waals surface area contributed by atoms with Crippen molar-refractivity contribution in [2.75, 3.05) is 18.8 Å². The zero-order valence-corrected chi connectivity index (χ0v) is 18.2. The second kappa shape index (κ2) is 7.25. The van der Waals surface area contributed by atoms with Crippen LogP contribution in [0.25, 0.3) is 10.2 Å². The molecule has 3 aromatic rings. The number of carbonyl (C=O) groups is 1. The van der Waals surface area contributed by atoms with Gasteiger partial charge in [0.1, 0.15) is 20.4 Å². The van der Waals surface area contributed by atoms with Crippen LogP contribution in [0.5, 0.6) is 0 Å². The number of nitrogens with two attached hydrogens (primary N) is 1. The molecule has 1 fully saturated rings. The molecule has 158 valence electrons. The Hall–Kier alpha value is -2.63. The molecule has 2 aromatic heterocycles. The van der Waals surface area contributed by atoms with Crippen LogP contribution < -0.4 is 11.1 Å². The molecule has 0 atom stereocenters. The fourth-order valence-electron chi connectivity index (χ4n) is 3.34. The van der Waals surface area contributed by atoms with Gasteiger partial charge in [0.05, 0.1) is 17.4 Å². The van der Waals surface area contributed by atoms with Crippen molar-refractivity contribution in [3.05, 3.63) is 45.7 Å². The summed E-state index contributed by atoms with van der Waals surface area (Å²) >= 11 is 1.15. The number of nitrogens with one attached hydrogen (secondary N) is 1. The van der Waals surface area contributed by atoms with Gasteiger partial charge in [0.25, 0.3) is 5.91 Å². The molecular formula is C19H20FN5O3S2. The fourth-order valence-corrected chi connectivity index (χ4v) is 5.92. The number of aryl methyl sites for hydroxylation is 3. The lowest BCUT2D eigenvalue weighted by Crippen LogP contribution is -2.60. The quantitative estimate of drug-likeness (QED) is 0.630. The Bertz CT molecular complexity index is 1280. The van der Waals surface area contributed by atoms with Gasteiger partial charge >= 0.3 is 0 Å². The highest BCUT2D eigenvalue weighted by atomic mass is 32.2. The van der Waals surface area contributed by atoms with Crippen LogP contribution in [0.15, 0.2) is 23.1 Å². The standard InChI is InChI=1S/C19H20FN5O3S2/c1-9-4-5-14(13(20)6-9)30(27,28)25-7-12(8-25)22-18(26)17-16(21)15-10(2)11(3)23-24-19(15)29-17/h4-6,12H,7-8,21H2,1-3H3,(H,22,26). The molecule has 0 radical (unpaired) electrons. The second-order valence-electron chi connectivity index (χ2n) is 7.36. The number of hydrogen-bond acceptors (Lipinski definition) is 7. The molecule has 1 aromatic carbocycles. The number of aromatic nitrogens is 2. The third-order valence-corrected chi connectivity index (χ3v) is 8.18. The van der Waals surface area contributed by atoms with E-state index < -0.39 is 21.7 Å². The Kier molecular flexibility index (Phi) is 4.99. The predicted octanol–water partition coefficient (Wildman–Crippen LogP) is 2.14. The van der Waals surface area contributed by atoms with Gasteiger partial charge < -0.3 is 11.1 Å². The number of benzene rings is 1. The van der Waals surface area contributed by atoms with Crippen molar-refractivity contribution in [1.29, 1.82) is 0 Å². The number of halogens is 1. The van der Waals surface area contributed by atoms with E-state index in [0.717, 1.165) is 26.9 Å². The zero-order valence-electron chi connectivity index (χ0n) is 16.6. The van der Waals surface area contributed by atoms with Gasteiger partial charge in [-0.25, -0.2) is 12.8 Å². The number of nitrogens with zero attached hydrogens (tertiary/aromatic N) is 3. The number of nitrogen functional groups attached to an aromatic ring is 1. The summed E-state index contributed by atoms with van der Waals surface area (Å²) in [7, 11) is -3.96. The summed E-state index contributed by atoms with van der Waals surface area (Å²) in [6, 6.07) is 3.60. The van der Waals surface area contributed by atoms with E-state index in [1.165, 1.54) is 12.1 Å². The van der Waals surface area contributed by atoms with Crippen LogP contribution >= 0.6 is 11.3 Å². The number of amides is 1. The normalized spacial score (nSPS) is 15.3. The highest BCUT2D eigenvalue weighted by molar-refractivity contribution is 7.89. The van der Waals surface area contributed by atoms with Gasteiger partial charge in [-0.3, -0.25) is 4.79 Å². The Balaban J connectivity index is 1.48. The van der Waals surface area contributed by atoms with Crippen molar-refractivity contribution in [1.82, 2.24) is 19.8 Å². The van der Waals surface area contributed by atoms with E-state index in [1.807, 2.05) is 13.8 Å². The molecule has 1 amide bonds. The van der Waals surface area contributed by atoms with Crippen LogP contribution in [0.2, 0.25) is 0 Å². The lowest BCUT2D eigenvalue weighted by molar-refractivity contribution is 0.0900. The largest absolute Gasteiger partial charge is 0.397 e. The highest BCUT2D eigenvalue weighted by Crippen LogP contribution is 2.35. The predicted molar refractivity (Wildman–Crippen MR) is 112 cm³/mol. The van der Waals surface area contributed by atoms with Gasteiger partial charge in [-0.1, -0.05) is 6.07 Å². The van der Waals surface area contributed by atoms with Gasteiger partial charge in [0, 0.05) is 18.5 Å². The lowest BCUT2D eigenvalue weighted by Gasteiger charge is -2.38. The first kappa shape index (κ1) is 20.6. The molecule has 8 nitrogen and oxygen atoms in total. The lowest BCUT2D eigenvalue weighted by atomic mass is 10.1. The molecule has 0 unspecified atom stereocenters. The number of carbonyl (C=O) groups excluding carboxylic acids is 1. The Morgan fingerprint density at radius 2 is 1.97 bits per heavy atom. The molecule has 11 heteroatoms. The summed E-state index contributed by atoms with van der Waals surface area (Å²) in [6.07, 6.45) is 0. The number of fused-ring (bicyclic) bond motifs is 1. The van der Waals surface area contributed by atoms with Crippen molar-refractivity contribution in [3.63, 3.8) is 0 Å². The average molecular weight is 450 g/mol. The van der Waals surface area contributed by atoms with Crippen molar-refractivity contribution in [2.24, 2.45) is 0 Å². The first-order valence-corrected chi connectivity index (χ1v) is 11.4. The average Bonchev–Trinajstić information content (AvgIpc) is 2.97. The molecule has 0 aliphatic carbocycles. The number of thiophene rings is 1. The first-order valence-electron chi connectivity index (χ1n) is 9.18. The maximum atomic E-state index is 14.1. The van der Waals surface area contributed by atoms with E-state index >= 15 is 0 Å². The van der Waals surface area contributed by atoms with Crippen molar-refractivity contribution < 1.29 is 17.6 Å². The highest BCUT2D eigenvalue weighted by Gasteiger charge is 2.39. The van der Waals surface area contributed by atoms with Gasteiger partial charge in [-0.05, 0) is 44.0 Å². The molecule has 1 saturated heterocycles. The van der Waals surface area contributed by atoms with E-state index in [9.17, 15) is 17.6 Å². The summed E-state index contributed by atoms with van der Waals surface area (Å²) in [6.45, 7) is 5.49. The van der Waals surface area contributed by atoms with E-state index in [0.29, 0.717) is 26.3 Å². The Morgan fingerprint density at radius 3 is 2.63 bits per heavy atom. The van der Waals surface area contributed by atoms with Crippen LogP contribution in [0, 0.1) is 26.6 Å². The third-order valence-electron chi connectivity index (χ3n) is 5.23. The summed E-state index contributed by atoms with van der Waals surface area (Å²) < 4.78 is 40.5. The number of rotatable bonds is 4. The molecule has 0 saturated carbocycles. The maximum Gasteiger partial charge on any atom is 0.263 e. The second-order valence-corrected chi connectivity index (χ2v) is 10.3. The summed E-state index contributed by atoms with van der Waals surface area (Å²) in [5.41, 5.74) is 8.76. The molecule has 30 heavy (non-hydrogen) atoms. The van der Waals surface area contributed by atoms with E-state index in [2.05, 4.69) is 15.5 Å². The van der Waals surface area contributed by atoms with Gasteiger partial charge in [-0.2, -0.15) is 9.40 Å². The molecule has 0 bridgehead atoms. The minimum Gasteiger partial charge on any atom is -0.397 e. The number of anilines is 1. The minimum absolute atomic E-state index is 0.0597. The Morgan fingerprint density at radius 1 is 1.27 bits per heavy atom. The molecule has 1 aliphatic rings. The maximum absolute atomic E-state index is 14.1. The number of sulfonamides is 1. The van der Waals surface area contributed by atoms with Crippen LogP contribution in [0.4, 0.5) is 10.1 Å². The summed E-state index contributed by atoms with van der Waals surface area (Å²) in [5.74, 6) is -1.18. The van der Waals surface area contributed by atoms with E-state index in [4.69, 9.17) is 5.73 Å². The minimum atomic E-state index is -3.96. The smallest absolute Gasteiger partial charge is 0.263 e. The van der Waals surface area contributed by atoms with Crippen LogP contribution in [0.3, 0.4) is 0 Å². The molecule has 3 N–H and O–H groups in total. The third kappa shape index (κ3) is 3.32. The van der Waals surface area contributed by atoms with E-state index in [1.54, 1.807) is 13.0 Å². The van der Waals surface area contributed by atoms with Crippen LogP contribution in [0.1, 0.15) is 26.5 Å². The zero-order chi connectivity index (χ0) is 21.8. The SMILES string of the molecule is Cc1ccc(S(=O)(=O)N2CC(NC(=O)c3sc4nnc(C)c(C)c4c3N)C2)c(F)c1. The topological polar surface area (TPSA) is 118 Å². The molecule has 0 spiro atoms. The fraction of sp³-hybridized carbons (Fsp3) is 0.316. The van der Waals surface area contributed by atoms with Crippen molar-refractivity contribution >= 4 is 43.2 Å². The van der Waals surface area contributed by atoms with Gasteiger partial charge in [-0.15, -0.1) is 16.4 Å². The summed E-state index contributed by atoms with van der Waals surface area (Å²) in [5, 5.41) is 11.7. The molecule has 1 aliphatic heterocycles. The van der Waals surface area contributed by atoms with E-state index in [-0.39, 0.29) is 24.0 Å². The number of hydrogen-bond donors (Lipinski definition) is 2. The molecule has 3 heterocycles. The van der Waals surface area contributed by atoms with Gasteiger partial charge in [0.2, 0.25) is 10.0 Å². The molecule has 4 rings (SSSR count). The first-order chi connectivity index (χ1) is 14.1. The monoisotopic (exact) mass is 449 g/mol. The van der Waals surface area contributed by atoms with Crippen molar-refractivity contribution in [2.45, 2.75) is 31.7 Å². The van der Waals surface area contributed by atoms with Crippen LogP contribution in [-0.2, 0) is 10.0 Å². The summed E-state index contributed by atoms with van der Waals surface area (Å²) in [4.78, 5) is 13.2. The van der Waals surface area contributed by atoms with Crippen LogP contribution in [-0.4, -0.2) is 48.0 Å². The molecular weight excluding hydrogens is 429 g/mol. The van der Waals surface area contributed by atoms with Gasteiger partial charge in [0.15, 0.2) is 0 Å².